The first kappa shape index (κ1) is 21.7. The highest BCUT2D eigenvalue weighted by molar-refractivity contribution is 9.11. The number of carbonyl (C=O) groups is 1. The minimum absolute atomic E-state index is 0.382. The number of carboxylic acids is 1. The van der Waals surface area contributed by atoms with Crippen LogP contribution >= 0.6 is 15.9 Å². The molecule has 4 heteroatoms. The smallest absolute Gasteiger partial charge is 0.332 e. The van der Waals surface area contributed by atoms with Crippen LogP contribution in [0.4, 0.5) is 0 Å². The van der Waals surface area contributed by atoms with Crippen molar-refractivity contribution in [2.24, 2.45) is 11.8 Å². The molecule has 1 aliphatic carbocycles. The van der Waals surface area contributed by atoms with Crippen molar-refractivity contribution in [1.29, 1.82) is 0 Å². The van der Waals surface area contributed by atoms with E-state index in [0.717, 1.165) is 31.1 Å². The molecule has 0 saturated heterocycles. The average molecular weight is 403 g/mol. The Kier molecular flexibility index (Phi) is 11.7. The summed E-state index contributed by atoms with van der Waals surface area (Å²) in [6, 6.07) is 0. The van der Waals surface area contributed by atoms with Crippen molar-refractivity contribution >= 4 is 21.9 Å². The van der Waals surface area contributed by atoms with E-state index in [9.17, 15) is 9.90 Å². The third-order valence-corrected chi connectivity index (χ3v) is 5.88. The van der Waals surface area contributed by atoms with E-state index in [2.05, 4.69) is 28.9 Å². The summed E-state index contributed by atoms with van der Waals surface area (Å²) in [4.78, 5) is 10.6. The molecule has 3 nitrogen and oxygen atoms in total. The largest absolute Gasteiger partial charge is 0.479 e. The molecule has 24 heavy (non-hydrogen) atoms. The van der Waals surface area contributed by atoms with Gasteiger partial charge in [-0.2, -0.15) is 0 Å². The Morgan fingerprint density at radius 3 is 2.62 bits per heavy atom. The van der Waals surface area contributed by atoms with Crippen LogP contribution in [0.3, 0.4) is 0 Å². The number of hydrogen-bond acceptors (Lipinski definition) is 2. The van der Waals surface area contributed by atoms with E-state index >= 15 is 0 Å². The van der Waals surface area contributed by atoms with E-state index in [1.807, 2.05) is 0 Å². The highest BCUT2D eigenvalue weighted by Gasteiger charge is 2.25. The molecule has 140 valence electrons. The molecule has 0 aromatic rings. The number of carboxylic acid groups (broad SMARTS) is 1. The first-order chi connectivity index (χ1) is 11.5. The summed E-state index contributed by atoms with van der Waals surface area (Å²) in [5, 5.41) is 17.9. The molecule has 3 atom stereocenters. The van der Waals surface area contributed by atoms with Gasteiger partial charge in [0.1, 0.15) is 0 Å². The topological polar surface area (TPSA) is 57.5 Å². The van der Waals surface area contributed by atoms with Gasteiger partial charge in [-0.05, 0) is 54.8 Å². The lowest BCUT2D eigenvalue weighted by molar-refractivity contribution is -0.146. The van der Waals surface area contributed by atoms with Gasteiger partial charge in [0, 0.05) is 0 Å². The molecule has 0 aromatic carbocycles. The first-order valence-corrected chi connectivity index (χ1v) is 10.6. The first-order valence-electron chi connectivity index (χ1n) is 9.81. The summed E-state index contributed by atoms with van der Waals surface area (Å²) in [6.07, 6.45) is 16.3. The number of allylic oxidation sites excluding steroid dienone is 2. The fraction of sp³-hybridized carbons (Fsp3) is 0.850. The number of aliphatic hydroxyl groups is 1. The van der Waals surface area contributed by atoms with Gasteiger partial charge in [-0.3, -0.25) is 0 Å². The van der Waals surface area contributed by atoms with E-state index in [1.54, 1.807) is 0 Å². The van der Waals surface area contributed by atoms with E-state index in [4.69, 9.17) is 5.11 Å². The van der Waals surface area contributed by atoms with Crippen molar-refractivity contribution in [2.45, 2.75) is 96.5 Å². The molecule has 1 rings (SSSR count). The summed E-state index contributed by atoms with van der Waals surface area (Å²) in [7, 11) is 0. The molecule has 0 spiro atoms. The number of hydrogen-bond donors (Lipinski definition) is 2. The number of halogens is 1. The molecule has 1 saturated carbocycles. The zero-order valence-electron chi connectivity index (χ0n) is 15.2. The minimum atomic E-state index is -1.18. The maximum absolute atomic E-state index is 10.6. The average Bonchev–Trinajstić information content (AvgIpc) is 2.98. The molecule has 0 heterocycles. The van der Waals surface area contributed by atoms with Crippen LogP contribution in [-0.4, -0.2) is 22.3 Å². The maximum atomic E-state index is 10.6. The van der Waals surface area contributed by atoms with E-state index < -0.39 is 12.1 Å². The Morgan fingerprint density at radius 2 is 1.92 bits per heavy atom. The predicted octanol–water partition coefficient (Wildman–Crippen LogP) is 6.05. The van der Waals surface area contributed by atoms with Crippen molar-refractivity contribution < 1.29 is 15.0 Å². The van der Waals surface area contributed by atoms with Crippen molar-refractivity contribution in [1.82, 2.24) is 0 Å². The molecule has 0 amide bonds. The third-order valence-electron chi connectivity index (χ3n) is 5.22. The predicted molar refractivity (Wildman–Crippen MR) is 103 cm³/mol. The lowest BCUT2D eigenvalue weighted by Crippen LogP contribution is -2.18. The number of unbranched alkanes of at least 4 members (excludes halogenated alkanes) is 5. The zero-order chi connectivity index (χ0) is 17.8. The summed E-state index contributed by atoms with van der Waals surface area (Å²) >= 11 is 3.77. The second-order valence-electron chi connectivity index (χ2n) is 7.27. The van der Waals surface area contributed by atoms with Crippen LogP contribution in [0.25, 0.3) is 0 Å². The van der Waals surface area contributed by atoms with E-state index in [0.29, 0.717) is 6.42 Å². The second-order valence-corrected chi connectivity index (χ2v) is 8.29. The van der Waals surface area contributed by atoms with Gasteiger partial charge in [0.05, 0.1) is 0 Å². The molecule has 0 aromatic heterocycles. The summed E-state index contributed by atoms with van der Waals surface area (Å²) < 4.78 is 1.39. The molecule has 0 radical (unpaired) electrons. The van der Waals surface area contributed by atoms with Crippen LogP contribution in [0.2, 0.25) is 0 Å². The summed E-state index contributed by atoms with van der Waals surface area (Å²) in [5.41, 5.74) is 0. The highest BCUT2D eigenvalue weighted by Crippen LogP contribution is 2.38. The van der Waals surface area contributed by atoms with Crippen LogP contribution in [-0.2, 0) is 4.79 Å². The molecule has 2 N–H and O–H groups in total. The fourth-order valence-electron chi connectivity index (χ4n) is 3.72. The van der Waals surface area contributed by atoms with Gasteiger partial charge in [0.2, 0.25) is 0 Å². The lowest BCUT2D eigenvalue weighted by atomic mass is 9.90. The molecule has 0 bridgehead atoms. The second kappa shape index (κ2) is 12.9. The Balaban J connectivity index is 2.21. The Bertz CT molecular complexity index is 381. The number of rotatable bonds is 13. The van der Waals surface area contributed by atoms with Crippen LogP contribution in [0.15, 0.2) is 10.6 Å². The molecule has 1 aliphatic rings. The van der Waals surface area contributed by atoms with Gasteiger partial charge < -0.3 is 10.2 Å². The molecule has 0 aliphatic heterocycles. The minimum Gasteiger partial charge on any atom is -0.479 e. The maximum Gasteiger partial charge on any atom is 0.332 e. The third kappa shape index (κ3) is 9.22. The van der Waals surface area contributed by atoms with Crippen LogP contribution in [0, 0.1) is 11.8 Å². The molecule has 1 unspecified atom stereocenters. The quantitative estimate of drug-likeness (QED) is 0.368. The van der Waals surface area contributed by atoms with Gasteiger partial charge >= 0.3 is 5.97 Å². The van der Waals surface area contributed by atoms with Crippen LogP contribution in [0.1, 0.15) is 90.4 Å². The van der Waals surface area contributed by atoms with Gasteiger partial charge in [-0.25, -0.2) is 4.79 Å². The molecule has 1 fully saturated rings. The van der Waals surface area contributed by atoms with Crippen molar-refractivity contribution in [3.63, 3.8) is 0 Å². The normalized spacial score (nSPS) is 22.7. The summed E-state index contributed by atoms with van der Waals surface area (Å²) in [5.74, 6) is 0.410. The van der Waals surface area contributed by atoms with Crippen LogP contribution < -0.4 is 0 Å². The van der Waals surface area contributed by atoms with Gasteiger partial charge in [-0.15, -0.1) is 0 Å². The van der Waals surface area contributed by atoms with Crippen molar-refractivity contribution in [2.75, 3.05) is 0 Å². The number of aliphatic hydroxyl groups excluding tert-OH is 1. The number of aliphatic carboxylic acids is 1. The van der Waals surface area contributed by atoms with Gasteiger partial charge in [0.25, 0.3) is 0 Å². The molecular weight excluding hydrogens is 368 g/mol. The Morgan fingerprint density at radius 1 is 1.17 bits per heavy atom. The Labute approximate surface area is 156 Å². The highest BCUT2D eigenvalue weighted by atomic mass is 79.9. The van der Waals surface area contributed by atoms with Crippen molar-refractivity contribution in [3.8, 4) is 0 Å². The van der Waals surface area contributed by atoms with Gasteiger partial charge in [0.15, 0.2) is 6.10 Å². The zero-order valence-corrected chi connectivity index (χ0v) is 16.8. The Hall–Kier alpha value is -0.350. The fourth-order valence-corrected chi connectivity index (χ4v) is 4.34. The molecular formula is C20H35BrO3. The van der Waals surface area contributed by atoms with E-state index in [1.165, 1.54) is 62.3 Å². The van der Waals surface area contributed by atoms with Crippen molar-refractivity contribution in [3.05, 3.63) is 10.6 Å². The monoisotopic (exact) mass is 402 g/mol. The van der Waals surface area contributed by atoms with Crippen LogP contribution in [0.5, 0.6) is 0 Å². The van der Waals surface area contributed by atoms with Gasteiger partial charge in [-0.1, -0.05) is 73.9 Å². The SMILES string of the molecule is CCCCCCC(Br)=C[C@H]1CCC[C@@H]1CCCCCC(O)C(=O)O. The standard InChI is InChI=1S/C20H35BrO3/c1-2-3-4-7-13-18(21)15-17-12-9-11-16(17)10-6-5-8-14-19(22)20(23)24/h15-17,19,22H,2-14H2,1H3,(H,23,24)/t16-,17+,19?/m0/s1. The summed E-state index contributed by atoms with van der Waals surface area (Å²) in [6.45, 7) is 2.25. The lowest BCUT2D eigenvalue weighted by Gasteiger charge is -2.17. The van der Waals surface area contributed by atoms with E-state index in [-0.39, 0.29) is 0 Å².